The van der Waals surface area contributed by atoms with Gasteiger partial charge < -0.3 is 15.4 Å². The fourth-order valence-electron chi connectivity index (χ4n) is 5.87. The molecule has 2 aromatic rings. The third-order valence-electron chi connectivity index (χ3n) is 7.29. The highest BCUT2D eigenvalue weighted by molar-refractivity contribution is 14.0. The summed E-state index contributed by atoms with van der Waals surface area (Å²) in [5.74, 6) is 1.52. The summed E-state index contributed by atoms with van der Waals surface area (Å²) in [5, 5.41) is 11.7. The topological polar surface area (TPSA) is 63.5 Å². The van der Waals surface area contributed by atoms with E-state index in [4.69, 9.17) is 4.74 Å². The molecule has 2 saturated carbocycles. The summed E-state index contributed by atoms with van der Waals surface area (Å²) in [7, 11) is 1.87. The van der Waals surface area contributed by atoms with Gasteiger partial charge in [-0.1, -0.05) is 25.0 Å². The number of fused-ring (bicyclic) bond motifs is 2. The van der Waals surface area contributed by atoms with Gasteiger partial charge in [0, 0.05) is 43.4 Å². The summed E-state index contributed by atoms with van der Waals surface area (Å²) in [6.07, 6.45) is 10.6. The van der Waals surface area contributed by atoms with E-state index in [1.807, 2.05) is 24.0 Å². The molecule has 1 aromatic heterocycles. The van der Waals surface area contributed by atoms with E-state index in [-0.39, 0.29) is 30.0 Å². The SMILES string of the molecule is CN=C(NC(C)c1cccc(-n2cccn2)c1)NC1C2CCOC2C12CCCC2.I. The van der Waals surface area contributed by atoms with E-state index in [0.29, 0.717) is 23.5 Å². The number of rotatable bonds is 4. The molecule has 0 bridgehead atoms. The predicted octanol–water partition coefficient (Wildman–Crippen LogP) is 4.06. The second kappa shape index (κ2) is 8.86. The third-order valence-corrected chi connectivity index (χ3v) is 7.29. The molecule has 2 aliphatic carbocycles. The fraction of sp³-hybridized carbons (Fsp3) is 0.565. The Hall–Kier alpha value is -1.61. The van der Waals surface area contributed by atoms with Crippen molar-refractivity contribution in [3.63, 3.8) is 0 Å². The van der Waals surface area contributed by atoms with Crippen molar-refractivity contribution in [2.45, 2.75) is 57.2 Å². The van der Waals surface area contributed by atoms with Gasteiger partial charge >= 0.3 is 0 Å². The number of aromatic nitrogens is 2. The number of guanidine groups is 1. The lowest BCUT2D eigenvalue weighted by molar-refractivity contribution is -0.125. The van der Waals surface area contributed by atoms with E-state index in [1.54, 1.807) is 6.20 Å². The lowest BCUT2D eigenvalue weighted by Crippen LogP contribution is -2.69. The number of hydrogen-bond donors (Lipinski definition) is 2. The Bertz CT molecular complexity index is 877. The third kappa shape index (κ3) is 3.64. The predicted molar refractivity (Wildman–Crippen MR) is 130 cm³/mol. The highest BCUT2D eigenvalue weighted by Crippen LogP contribution is 2.60. The smallest absolute Gasteiger partial charge is 0.191 e. The van der Waals surface area contributed by atoms with Crippen molar-refractivity contribution in [3.8, 4) is 5.69 Å². The molecule has 4 atom stereocenters. The zero-order valence-electron chi connectivity index (χ0n) is 17.8. The van der Waals surface area contributed by atoms with Gasteiger partial charge in [0.2, 0.25) is 0 Å². The molecule has 7 heteroatoms. The number of nitrogens with zero attached hydrogens (tertiary/aromatic N) is 3. The lowest BCUT2D eigenvalue weighted by Gasteiger charge is -2.57. The van der Waals surface area contributed by atoms with Gasteiger partial charge in [-0.3, -0.25) is 4.99 Å². The summed E-state index contributed by atoms with van der Waals surface area (Å²) < 4.78 is 8.02. The van der Waals surface area contributed by atoms with Crippen LogP contribution in [0.5, 0.6) is 0 Å². The van der Waals surface area contributed by atoms with Gasteiger partial charge in [0.25, 0.3) is 0 Å². The Morgan fingerprint density at radius 2 is 2.13 bits per heavy atom. The highest BCUT2D eigenvalue weighted by Gasteiger charge is 2.65. The molecule has 0 radical (unpaired) electrons. The first-order valence-electron chi connectivity index (χ1n) is 10.9. The zero-order chi connectivity index (χ0) is 19.8. The van der Waals surface area contributed by atoms with Crippen molar-refractivity contribution >= 4 is 29.9 Å². The van der Waals surface area contributed by atoms with Crippen LogP contribution in [-0.2, 0) is 4.74 Å². The van der Waals surface area contributed by atoms with E-state index < -0.39 is 0 Å². The fourth-order valence-corrected chi connectivity index (χ4v) is 5.87. The van der Waals surface area contributed by atoms with Crippen LogP contribution in [0.2, 0.25) is 0 Å². The van der Waals surface area contributed by atoms with Crippen LogP contribution < -0.4 is 10.6 Å². The van der Waals surface area contributed by atoms with Gasteiger partial charge in [-0.15, -0.1) is 24.0 Å². The Labute approximate surface area is 195 Å². The first kappa shape index (κ1) is 21.6. The lowest BCUT2D eigenvalue weighted by atomic mass is 9.54. The molecular weight excluding hydrogens is 489 g/mol. The minimum absolute atomic E-state index is 0. The summed E-state index contributed by atoms with van der Waals surface area (Å²) in [4.78, 5) is 4.55. The molecule has 1 saturated heterocycles. The Kier molecular flexibility index (Phi) is 6.39. The molecule has 6 nitrogen and oxygen atoms in total. The van der Waals surface area contributed by atoms with Crippen molar-refractivity contribution in [2.24, 2.45) is 16.3 Å². The number of halogens is 1. The monoisotopic (exact) mass is 521 g/mol. The number of nitrogens with one attached hydrogen (secondary N) is 2. The van der Waals surface area contributed by atoms with E-state index in [1.165, 1.54) is 37.7 Å². The molecule has 3 fully saturated rings. The molecule has 5 rings (SSSR count). The van der Waals surface area contributed by atoms with E-state index in [9.17, 15) is 0 Å². The van der Waals surface area contributed by atoms with Crippen LogP contribution in [0.3, 0.4) is 0 Å². The normalized spacial score (nSPS) is 27.8. The quantitative estimate of drug-likeness (QED) is 0.362. The maximum atomic E-state index is 6.13. The highest BCUT2D eigenvalue weighted by atomic mass is 127. The van der Waals surface area contributed by atoms with Crippen molar-refractivity contribution in [1.82, 2.24) is 20.4 Å². The van der Waals surface area contributed by atoms with Crippen molar-refractivity contribution in [1.29, 1.82) is 0 Å². The number of hydrogen-bond acceptors (Lipinski definition) is 3. The largest absolute Gasteiger partial charge is 0.377 e. The summed E-state index contributed by atoms with van der Waals surface area (Å²) in [6.45, 7) is 3.10. The second-order valence-electron chi connectivity index (χ2n) is 8.79. The first-order valence-corrected chi connectivity index (χ1v) is 10.9. The Balaban J connectivity index is 0.00000218. The second-order valence-corrected chi connectivity index (χ2v) is 8.79. The molecule has 162 valence electrons. The van der Waals surface area contributed by atoms with Crippen molar-refractivity contribution in [2.75, 3.05) is 13.7 Å². The molecular formula is C23H32IN5O. The van der Waals surface area contributed by atoms with E-state index >= 15 is 0 Å². The Morgan fingerprint density at radius 1 is 1.30 bits per heavy atom. The van der Waals surface area contributed by atoms with Gasteiger partial charge in [-0.05, 0) is 49.9 Å². The van der Waals surface area contributed by atoms with Gasteiger partial charge in [0.1, 0.15) is 0 Å². The standard InChI is InChI=1S/C23H31N5O.HI/c1-16(17-7-5-8-18(15-17)28-13-6-12-25-28)26-22(24-2)27-20-19-9-14-29-21(19)23(20)10-3-4-11-23;/h5-8,12-13,15-16,19-21H,3-4,9-11,14H2,1-2H3,(H2,24,26,27);1H. The number of ether oxygens (including phenoxy) is 1. The maximum absolute atomic E-state index is 6.13. The summed E-state index contributed by atoms with van der Waals surface area (Å²) in [6, 6.07) is 11.1. The minimum Gasteiger partial charge on any atom is -0.377 e. The Morgan fingerprint density at radius 3 is 2.87 bits per heavy atom. The van der Waals surface area contributed by atoms with Crippen LogP contribution >= 0.6 is 24.0 Å². The van der Waals surface area contributed by atoms with Crippen molar-refractivity contribution < 1.29 is 4.74 Å². The summed E-state index contributed by atoms with van der Waals surface area (Å²) in [5.41, 5.74) is 2.60. The number of benzene rings is 1. The van der Waals surface area contributed by atoms with Gasteiger partial charge in [-0.25, -0.2) is 4.68 Å². The molecule has 30 heavy (non-hydrogen) atoms. The van der Waals surface area contributed by atoms with Crippen LogP contribution in [-0.4, -0.2) is 41.5 Å². The van der Waals surface area contributed by atoms with E-state index in [2.05, 4.69) is 51.9 Å². The number of aliphatic imine (C=N–C) groups is 1. The average molecular weight is 521 g/mol. The van der Waals surface area contributed by atoms with E-state index in [0.717, 1.165) is 18.3 Å². The molecule has 4 unspecified atom stereocenters. The molecule has 2 N–H and O–H groups in total. The molecule has 1 aliphatic heterocycles. The molecule has 2 heterocycles. The van der Waals surface area contributed by atoms with Gasteiger partial charge in [0.05, 0.1) is 17.8 Å². The van der Waals surface area contributed by atoms with Crippen LogP contribution in [0.15, 0.2) is 47.7 Å². The van der Waals surface area contributed by atoms with Crippen LogP contribution in [0.4, 0.5) is 0 Å². The molecule has 1 aromatic carbocycles. The minimum atomic E-state index is 0. The van der Waals surface area contributed by atoms with Gasteiger partial charge in [-0.2, -0.15) is 5.10 Å². The van der Waals surface area contributed by atoms with Crippen molar-refractivity contribution in [3.05, 3.63) is 48.3 Å². The van der Waals surface area contributed by atoms with Crippen LogP contribution in [0.1, 0.15) is 50.6 Å². The van der Waals surface area contributed by atoms with Gasteiger partial charge in [0.15, 0.2) is 5.96 Å². The average Bonchev–Trinajstić information content (AvgIpc) is 3.51. The first-order chi connectivity index (χ1) is 14.2. The molecule has 3 aliphatic rings. The summed E-state index contributed by atoms with van der Waals surface area (Å²) >= 11 is 0. The maximum Gasteiger partial charge on any atom is 0.191 e. The van der Waals surface area contributed by atoms with Crippen LogP contribution in [0.25, 0.3) is 5.69 Å². The molecule has 0 amide bonds. The zero-order valence-corrected chi connectivity index (χ0v) is 20.1. The molecule has 1 spiro atoms. The van der Waals surface area contributed by atoms with Crippen LogP contribution in [0, 0.1) is 11.3 Å².